The third-order valence-electron chi connectivity index (χ3n) is 7.38. The summed E-state index contributed by atoms with van der Waals surface area (Å²) in [5, 5.41) is 5.75. The van der Waals surface area contributed by atoms with Crippen LogP contribution in [0.1, 0.15) is 69.6 Å². The molecule has 30 heavy (non-hydrogen) atoms. The number of benzene rings is 1. The smallest absolute Gasteiger partial charge is 0.325 e. The summed E-state index contributed by atoms with van der Waals surface area (Å²) in [7, 11) is 0. The molecule has 2 aliphatic rings. The topological polar surface area (TPSA) is 78.5 Å². The van der Waals surface area contributed by atoms with E-state index in [2.05, 4.69) is 37.5 Å². The lowest BCUT2D eigenvalue weighted by Gasteiger charge is -2.42. The maximum atomic E-state index is 13.1. The fraction of sp³-hybridized carbons (Fsp3) is 0.625. The molecule has 0 aromatic heterocycles. The monoisotopic (exact) mass is 413 g/mol. The number of hydrogen-bond acceptors (Lipinski definition) is 3. The molecule has 1 aliphatic carbocycles. The lowest BCUT2D eigenvalue weighted by molar-refractivity contribution is -0.136. The van der Waals surface area contributed by atoms with Crippen molar-refractivity contribution >= 4 is 17.8 Å². The van der Waals surface area contributed by atoms with E-state index in [-0.39, 0.29) is 23.8 Å². The molecule has 6 heteroatoms. The average Bonchev–Trinajstić information content (AvgIpc) is 2.91. The highest BCUT2D eigenvalue weighted by Crippen LogP contribution is 2.45. The fourth-order valence-corrected chi connectivity index (χ4v) is 4.78. The maximum Gasteiger partial charge on any atom is 0.325 e. The number of carbonyl (C=O) groups is 3. The molecule has 3 rings (SSSR count). The molecule has 0 bridgehead atoms. The van der Waals surface area contributed by atoms with Gasteiger partial charge in [-0.15, -0.1) is 0 Å². The maximum absolute atomic E-state index is 13.1. The number of carbonyl (C=O) groups excluding carboxylic acids is 3. The molecule has 0 atom stereocenters. The number of rotatable bonds is 6. The zero-order valence-electron chi connectivity index (χ0n) is 18.9. The van der Waals surface area contributed by atoms with Crippen LogP contribution in [0.15, 0.2) is 18.2 Å². The fourth-order valence-electron chi connectivity index (χ4n) is 4.78. The number of imide groups is 1. The van der Waals surface area contributed by atoms with Crippen molar-refractivity contribution in [2.24, 2.45) is 11.3 Å². The minimum Gasteiger partial charge on any atom is -0.350 e. The molecule has 2 fully saturated rings. The van der Waals surface area contributed by atoms with Crippen molar-refractivity contribution in [1.29, 1.82) is 0 Å². The summed E-state index contributed by atoms with van der Waals surface area (Å²) in [6.07, 6.45) is 4.22. The van der Waals surface area contributed by atoms with E-state index >= 15 is 0 Å². The standard InChI is InChI=1S/C24H35N3O3/c1-6-23(4,5)19-9-11-24(12-10-19)21(29)27(22(30)26-24)15-20(28)25-14-18-8-7-16(2)13-17(18)3/h7-8,13,19H,6,9-12,14-15H2,1-5H3,(H,25,28)(H,26,30). The summed E-state index contributed by atoms with van der Waals surface area (Å²) in [5.74, 6) is -0.0221. The van der Waals surface area contributed by atoms with E-state index in [1.54, 1.807) is 0 Å². The first-order chi connectivity index (χ1) is 14.1. The van der Waals surface area contributed by atoms with Gasteiger partial charge < -0.3 is 10.6 Å². The molecule has 6 nitrogen and oxygen atoms in total. The SMILES string of the molecule is CCC(C)(C)C1CCC2(CC1)NC(=O)N(CC(=O)NCc1ccc(C)cc1C)C2=O. The van der Waals surface area contributed by atoms with Gasteiger partial charge >= 0.3 is 6.03 Å². The Morgan fingerprint density at radius 2 is 1.90 bits per heavy atom. The molecule has 1 aliphatic heterocycles. The highest BCUT2D eigenvalue weighted by molar-refractivity contribution is 6.09. The van der Waals surface area contributed by atoms with Gasteiger partial charge in [0.25, 0.3) is 5.91 Å². The second-order valence-corrected chi connectivity index (χ2v) is 9.73. The molecular formula is C24H35N3O3. The number of nitrogens with zero attached hydrogens (tertiary/aromatic N) is 1. The molecule has 1 aromatic carbocycles. The molecule has 1 aromatic rings. The van der Waals surface area contributed by atoms with Crippen LogP contribution in [0.3, 0.4) is 0 Å². The van der Waals surface area contributed by atoms with Crippen LogP contribution < -0.4 is 10.6 Å². The number of nitrogens with one attached hydrogen (secondary N) is 2. The van der Waals surface area contributed by atoms with Crippen molar-refractivity contribution in [1.82, 2.24) is 15.5 Å². The van der Waals surface area contributed by atoms with Crippen molar-refractivity contribution < 1.29 is 14.4 Å². The highest BCUT2D eigenvalue weighted by Gasteiger charge is 2.53. The number of urea groups is 1. The lowest BCUT2D eigenvalue weighted by Crippen LogP contribution is -2.51. The van der Waals surface area contributed by atoms with E-state index < -0.39 is 11.6 Å². The van der Waals surface area contributed by atoms with Crippen molar-refractivity contribution in [3.05, 3.63) is 34.9 Å². The first-order valence-corrected chi connectivity index (χ1v) is 11.0. The Bertz CT molecular complexity index is 838. The van der Waals surface area contributed by atoms with Crippen LogP contribution in [0.4, 0.5) is 4.79 Å². The molecule has 164 valence electrons. The molecule has 1 heterocycles. The molecular weight excluding hydrogens is 378 g/mol. The van der Waals surface area contributed by atoms with E-state index in [0.29, 0.717) is 25.3 Å². The normalized spacial score (nSPS) is 24.3. The van der Waals surface area contributed by atoms with Crippen LogP contribution >= 0.6 is 0 Å². The van der Waals surface area contributed by atoms with Gasteiger partial charge in [0.2, 0.25) is 5.91 Å². The average molecular weight is 414 g/mol. The van der Waals surface area contributed by atoms with Gasteiger partial charge in [-0.1, -0.05) is 51.0 Å². The lowest BCUT2D eigenvalue weighted by atomic mass is 9.65. The summed E-state index contributed by atoms with van der Waals surface area (Å²) >= 11 is 0. The van der Waals surface area contributed by atoms with E-state index in [1.165, 1.54) is 5.56 Å². The van der Waals surface area contributed by atoms with Crippen LogP contribution in [0.2, 0.25) is 0 Å². The zero-order chi connectivity index (χ0) is 22.1. The third-order valence-corrected chi connectivity index (χ3v) is 7.38. The first kappa shape index (κ1) is 22.3. The Labute approximate surface area is 179 Å². The Kier molecular flexibility index (Phi) is 6.25. The highest BCUT2D eigenvalue weighted by atomic mass is 16.2. The minimum atomic E-state index is -0.828. The third kappa shape index (κ3) is 4.37. The Balaban J connectivity index is 1.58. The van der Waals surface area contributed by atoms with E-state index in [1.807, 2.05) is 26.0 Å². The molecule has 1 saturated carbocycles. The van der Waals surface area contributed by atoms with E-state index in [9.17, 15) is 14.4 Å². The largest absolute Gasteiger partial charge is 0.350 e. The van der Waals surface area contributed by atoms with E-state index in [0.717, 1.165) is 35.3 Å². The Hall–Kier alpha value is -2.37. The number of aryl methyl sites for hydroxylation is 2. The Morgan fingerprint density at radius 3 is 2.50 bits per heavy atom. The van der Waals surface area contributed by atoms with Crippen molar-refractivity contribution in [3.8, 4) is 0 Å². The van der Waals surface area contributed by atoms with Crippen LogP contribution in [-0.4, -0.2) is 34.8 Å². The molecule has 0 radical (unpaired) electrons. The summed E-state index contributed by atoms with van der Waals surface area (Å²) in [6.45, 7) is 10.9. The zero-order valence-corrected chi connectivity index (χ0v) is 18.9. The van der Waals surface area contributed by atoms with E-state index in [4.69, 9.17) is 0 Å². The molecule has 1 spiro atoms. The van der Waals surface area contributed by atoms with Gasteiger partial charge in [0.1, 0.15) is 12.1 Å². The van der Waals surface area contributed by atoms with Gasteiger partial charge in [0.15, 0.2) is 0 Å². The van der Waals surface area contributed by atoms with Gasteiger partial charge in [0, 0.05) is 6.54 Å². The molecule has 1 saturated heterocycles. The van der Waals surface area contributed by atoms with Gasteiger partial charge in [-0.2, -0.15) is 0 Å². The second kappa shape index (κ2) is 8.40. The summed E-state index contributed by atoms with van der Waals surface area (Å²) in [5.41, 5.74) is 2.71. The predicted octanol–water partition coefficient (Wildman–Crippen LogP) is 3.84. The van der Waals surface area contributed by atoms with Gasteiger partial charge in [0.05, 0.1) is 0 Å². The van der Waals surface area contributed by atoms with Crippen LogP contribution in [0, 0.1) is 25.2 Å². The van der Waals surface area contributed by atoms with Gasteiger partial charge in [-0.05, 0) is 62.0 Å². The van der Waals surface area contributed by atoms with Crippen molar-refractivity contribution in [2.75, 3.05) is 6.54 Å². The summed E-state index contributed by atoms with van der Waals surface area (Å²) in [4.78, 5) is 39.1. The van der Waals surface area contributed by atoms with Crippen LogP contribution in [-0.2, 0) is 16.1 Å². The molecule has 0 unspecified atom stereocenters. The first-order valence-electron chi connectivity index (χ1n) is 11.0. The molecule has 2 N–H and O–H groups in total. The van der Waals surface area contributed by atoms with Gasteiger partial charge in [-0.3, -0.25) is 14.5 Å². The summed E-state index contributed by atoms with van der Waals surface area (Å²) in [6, 6.07) is 5.61. The van der Waals surface area contributed by atoms with Gasteiger partial charge in [-0.25, -0.2) is 4.79 Å². The minimum absolute atomic E-state index is 0.235. The number of amides is 4. The van der Waals surface area contributed by atoms with Crippen molar-refractivity contribution in [3.63, 3.8) is 0 Å². The quantitative estimate of drug-likeness (QED) is 0.696. The molecule has 4 amide bonds. The van der Waals surface area contributed by atoms with Crippen molar-refractivity contribution in [2.45, 2.75) is 78.8 Å². The van der Waals surface area contributed by atoms with Crippen LogP contribution in [0.25, 0.3) is 0 Å². The predicted molar refractivity (Wildman–Crippen MR) is 117 cm³/mol. The Morgan fingerprint density at radius 1 is 1.23 bits per heavy atom. The summed E-state index contributed by atoms with van der Waals surface area (Å²) < 4.78 is 0. The van der Waals surface area contributed by atoms with Crippen LogP contribution in [0.5, 0.6) is 0 Å². The number of hydrogen-bond donors (Lipinski definition) is 2. The second-order valence-electron chi connectivity index (χ2n) is 9.73.